The van der Waals surface area contributed by atoms with Gasteiger partial charge in [0.15, 0.2) is 0 Å². The summed E-state index contributed by atoms with van der Waals surface area (Å²) in [6, 6.07) is 3.01. The van der Waals surface area contributed by atoms with E-state index in [-0.39, 0.29) is 23.7 Å². The monoisotopic (exact) mass is 267 g/mol. The van der Waals surface area contributed by atoms with Crippen LogP contribution in [-0.4, -0.2) is 35.8 Å². The summed E-state index contributed by atoms with van der Waals surface area (Å²) in [4.78, 5) is 14.7. The first-order valence-corrected chi connectivity index (χ1v) is 6.17. The topological polar surface area (TPSA) is 86.5 Å². The molecule has 1 N–H and O–H groups in total. The highest BCUT2D eigenvalue weighted by molar-refractivity contribution is 5.57. The molecule has 0 aliphatic carbocycles. The number of anilines is 1. The van der Waals surface area contributed by atoms with Crippen LogP contribution in [0.4, 0.5) is 11.5 Å². The summed E-state index contributed by atoms with van der Waals surface area (Å²) in [6.45, 7) is 2.64. The van der Waals surface area contributed by atoms with Crippen LogP contribution in [0.5, 0.6) is 5.88 Å². The van der Waals surface area contributed by atoms with Crippen LogP contribution in [-0.2, 0) is 4.74 Å². The minimum absolute atomic E-state index is 0.0417. The van der Waals surface area contributed by atoms with E-state index in [1.807, 2.05) is 6.92 Å². The Morgan fingerprint density at radius 3 is 3.00 bits per heavy atom. The first-order chi connectivity index (χ1) is 9.10. The number of rotatable bonds is 4. The van der Waals surface area contributed by atoms with Crippen molar-refractivity contribution in [2.24, 2.45) is 0 Å². The van der Waals surface area contributed by atoms with Gasteiger partial charge in [-0.3, -0.25) is 10.1 Å². The zero-order chi connectivity index (χ0) is 13.8. The number of methoxy groups -OCH3 is 1. The Labute approximate surface area is 111 Å². The third-order valence-corrected chi connectivity index (χ3v) is 3.08. The molecule has 1 aromatic heterocycles. The van der Waals surface area contributed by atoms with Gasteiger partial charge in [-0.1, -0.05) is 0 Å². The molecule has 0 spiro atoms. The number of aromatic nitrogens is 1. The summed E-state index contributed by atoms with van der Waals surface area (Å²) < 4.78 is 10.5. The zero-order valence-electron chi connectivity index (χ0n) is 11.0. The summed E-state index contributed by atoms with van der Waals surface area (Å²) in [7, 11) is 1.48. The molecule has 19 heavy (non-hydrogen) atoms. The van der Waals surface area contributed by atoms with Crippen LogP contribution in [0.15, 0.2) is 12.1 Å². The Morgan fingerprint density at radius 1 is 1.58 bits per heavy atom. The smallest absolute Gasteiger partial charge is 0.311 e. The molecule has 0 amide bonds. The van der Waals surface area contributed by atoms with E-state index in [1.54, 1.807) is 0 Å². The predicted octanol–water partition coefficient (Wildman–Crippen LogP) is 1.98. The fraction of sp³-hybridized carbons (Fsp3) is 0.583. The molecule has 1 aromatic rings. The standard InChI is InChI=1S/C12H17N3O4/c1-8-7-9(5-6-19-8)13-12-10(15(16)17)3-4-11(14-12)18-2/h3-4,8-9H,5-7H2,1-2H3,(H,13,14). The maximum atomic E-state index is 11.0. The normalized spacial score (nSPS) is 22.8. The SMILES string of the molecule is COc1ccc([N+](=O)[O-])c(NC2CCOC(C)C2)n1. The van der Waals surface area contributed by atoms with Crippen molar-refractivity contribution in [3.63, 3.8) is 0 Å². The van der Waals surface area contributed by atoms with Gasteiger partial charge >= 0.3 is 5.69 Å². The Kier molecular flexibility index (Phi) is 4.16. The van der Waals surface area contributed by atoms with Gasteiger partial charge in [0, 0.05) is 24.8 Å². The van der Waals surface area contributed by atoms with Crippen molar-refractivity contribution in [1.82, 2.24) is 4.98 Å². The van der Waals surface area contributed by atoms with E-state index >= 15 is 0 Å². The lowest BCUT2D eigenvalue weighted by atomic mass is 10.0. The summed E-state index contributed by atoms with van der Waals surface area (Å²) in [5.41, 5.74) is -0.0417. The van der Waals surface area contributed by atoms with E-state index in [9.17, 15) is 10.1 Å². The average molecular weight is 267 g/mol. The van der Waals surface area contributed by atoms with Gasteiger partial charge in [-0.15, -0.1) is 0 Å². The molecule has 1 aliphatic heterocycles. The van der Waals surface area contributed by atoms with Crippen LogP contribution in [0.1, 0.15) is 19.8 Å². The number of hydrogen-bond acceptors (Lipinski definition) is 6. The van der Waals surface area contributed by atoms with E-state index in [0.29, 0.717) is 12.5 Å². The van der Waals surface area contributed by atoms with Crippen LogP contribution in [0.3, 0.4) is 0 Å². The summed E-state index contributed by atoms with van der Waals surface area (Å²) in [5, 5.41) is 14.1. The van der Waals surface area contributed by atoms with Crippen molar-refractivity contribution in [3.8, 4) is 5.88 Å². The average Bonchev–Trinajstić information content (AvgIpc) is 2.38. The number of nitro groups is 1. The van der Waals surface area contributed by atoms with Gasteiger partial charge in [-0.05, 0) is 19.8 Å². The molecule has 1 fully saturated rings. The summed E-state index contributed by atoms with van der Waals surface area (Å²) in [6.07, 6.45) is 1.76. The number of pyridine rings is 1. The van der Waals surface area contributed by atoms with E-state index in [0.717, 1.165) is 12.8 Å². The highest BCUT2D eigenvalue weighted by Gasteiger charge is 2.23. The highest BCUT2D eigenvalue weighted by atomic mass is 16.6. The van der Waals surface area contributed by atoms with Gasteiger partial charge in [0.1, 0.15) is 0 Å². The second-order valence-electron chi connectivity index (χ2n) is 4.53. The van der Waals surface area contributed by atoms with Gasteiger partial charge in [0.05, 0.1) is 18.1 Å². The fourth-order valence-electron chi connectivity index (χ4n) is 2.12. The number of nitrogens with one attached hydrogen (secondary N) is 1. The van der Waals surface area contributed by atoms with Crippen LogP contribution in [0, 0.1) is 10.1 Å². The molecule has 1 aliphatic rings. The molecule has 2 heterocycles. The van der Waals surface area contributed by atoms with Crippen molar-refractivity contribution in [3.05, 3.63) is 22.2 Å². The van der Waals surface area contributed by atoms with Gasteiger partial charge < -0.3 is 14.8 Å². The highest BCUT2D eigenvalue weighted by Crippen LogP contribution is 2.27. The fourth-order valence-corrected chi connectivity index (χ4v) is 2.12. The quantitative estimate of drug-likeness (QED) is 0.663. The minimum Gasteiger partial charge on any atom is -0.481 e. The molecular weight excluding hydrogens is 250 g/mol. The molecule has 0 radical (unpaired) electrons. The van der Waals surface area contributed by atoms with Gasteiger partial charge in [-0.2, -0.15) is 4.98 Å². The molecule has 2 rings (SSSR count). The Bertz CT molecular complexity index is 466. The number of nitrogens with zero attached hydrogens (tertiary/aromatic N) is 2. The van der Waals surface area contributed by atoms with Crippen molar-refractivity contribution in [2.45, 2.75) is 31.9 Å². The number of hydrogen-bond donors (Lipinski definition) is 1. The van der Waals surface area contributed by atoms with E-state index in [1.165, 1.54) is 19.2 Å². The maximum absolute atomic E-state index is 11.0. The number of ether oxygens (including phenoxy) is 2. The second-order valence-corrected chi connectivity index (χ2v) is 4.53. The van der Waals surface area contributed by atoms with E-state index in [4.69, 9.17) is 9.47 Å². The lowest BCUT2D eigenvalue weighted by Gasteiger charge is -2.28. The summed E-state index contributed by atoms with van der Waals surface area (Å²) >= 11 is 0. The molecule has 1 saturated heterocycles. The Balaban J connectivity index is 2.19. The third-order valence-electron chi connectivity index (χ3n) is 3.08. The van der Waals surface area contributed by atoms with Crippen LogP contribution in [0.2, 0.25) is 0 Å². The minimum atomic E-state index is -0.447. The molecule has 2 unspecified atom stereocenters. The third kappa shape index (κ3) is 3.31. The summed E-state index contributed by atoms with van der Waals surface area (Å²) in [5.74, 6) is 0.608. The van der Waals surface area contributed by atoms with Crippen LogP contribution in [0.25, 0.3) is 0 Å². The predicted molar refractivity (Wildman–Crippen MR) is 69.5 cm³/mol. The van der Waals surface area contributed by atoms with Crippen molar-refractivity contribution < 1.29 is 14.4 Å². The first-order valence-electron chi connectivity index (χ1n) is 6.17. The molecular formula is C12H17N3O4. The van der Waals surface area contributed by atoms with Crippen molar-refractivity contribution >= 4 is 11.5 Å². The van der Waals surface area contributed by atoms with Crippen LogP contribution >= 0.6 is 0 Å². The first kappa shape index (κ1) is 13.5. The zero-order valence-corrected chi connectivity index (χ0v) is 11.0. The molecule has 0 saturated carbocycles. The second kappa shape index (κ2) is 5.83. The van der Waals surface area contributed by atoms with Crippen molar-refractivity contribution in [1.29, 1.82) is 0 Å². The van der Waals surface area contributed by atoms with Gasteiger partial charge in [0.2, 0.25) is 11.7 Å². The van der Waals surface area contributed by atoms with E-state index in [2.05, 4.69) is 10.3 Å². The Hall–Kier alpha value is -1.89. The maximum Gasteiger partial charge on any atom is 0.311 e. The molecule has 2 atom stereocenters. The molecule has 7 nitrogen and oxygen atoms in total. The lowest BCUT2D eigenvalue weighted by molar-refractivity contribution is -0.384. The van der Waals surface area contributed by atoms with Gasteiger partial charge in [-0.25, -0.2) is 0 Å². The van der Waals surface area contributed by atoms with E-state index < -0.39 is 4.92 Å². The van der Waals surface area contributed by atoms with Crippen molar-refractivity contribution in [2.75, 3.05) is 19.0 Å². The largest absolute Gasteiger partial charge is 0.481 e. The van der Waals surface area contributed by atoms with Gasteiger partial charge in [0.25, 0.3) is 0 Å². The Morgan fingerprint density at radius 2 is 2.37 bits per heavy atom. The molecule has 0 bridgehead atoms. The molecule has 0 aromatic carbocycles. The molecule has 7 heteroatoms. The lowest BCUT2D eigenvalue weighted by Crippen LogP contribution is -2.33. The molecule has 104 valence electrons. The van der Waals surface area contributed by atoms with Crippen LogP contribution < -0.4 is 10.1 Å².